The number of hydrogen-bond acceptors (Lipinski definition) is 4. The van der Waals surface area contributed by atoms with Crippen LogP contribution in [0.3, 0.4) is 0 Å². The van der Waals surface area contributed by atoms with Crippen molar-refractivity contribution in [2.45, 2.75) is 109 Å². The van der Waals surface area contributed by atoms with Gasteiger partial charge >= 0.3 is 5.97 Å². The molecule has 0 aromatic carbocycles. The van der Waals surface area contributed by atoms with Crippen LogP contribution in [0.4, 0.5) is 0 Å². The lowest BCUT2D eigenvalue weighted by Gasteiger charge is -2.50. The predicted molar refractivity (Wildman–Crippen MR) is 97.2 cm³/mol. The predicted octanol–water partition coefficient (Wildman–Crippen LogP) is 4.23. The number of ether oxygens (including phenoxy) is 2. The number of carbonyl (C=O) groups is 1. The molecule has 3 fully saturated rings. The normalized spacial score (nSPS) is 40.0. The summed E-state index contributed by atoms with van der Waals surface area (Å²) in [5.74, 6) is 0.973. The highest BCUT2D eigenvalue weighted by atomic mass is 16.6. The minimum absolute atomic E-state index is 0.278. The Balaban J connectivity index is 1.73. The summed E-state index contributed by atoms with van der Waals surface area (Å²) >= 11 is 0. The van der Waals surface area contributed by atoms with E-state index in [1.807, 2.05) is 0 Å². The zero-order valence-electron chi connectivity index (χ0n) is 16.2. The first-order valence-electron chi connectivity index (χ1n) is 10.5. The molecule has 0 radical (unpaired) electrons. The first kappa shape index (κ1) is 19.2. The van der Waals surface area contributed by atoms with Gasteiger partial charge in [0, 0.05) is 6.92 Å². The van der Waals surface area contributed by atoms with Crippen molar-refractivity contribution >= 4 is 5.97 Å². The van der Waals surface area contributed by atoms with Crippen molar-refractivity contribution in [3.8, 4) is 0 Å². The van der Waals surface area contributed by atoms with Crippen LogP contribution in [0.5, 0.6) is 0 Å². The molecule has 7 atom stereocenters. The number of unbranched alkanes of at least 4 members (excludes halogenated alkanes) is 1. The molecule has 0 aromatic heterocycles. The topological polar surface area (TPSA) is 59.1 Å². The van der Waals surface area contributed by atoms with Crippen LogP contribution in [0, 0.1) is 17.3 Å². The number of fused-ring (bicyclic) bond motifs is 1. The SMILES string of the molecule is CCCCC(CC)(C1CCC(OC(C)=O)C(O)C1)C1CCC2OC2C1. The molecule has 144 valence electrons. The Hall–Kier alpha value is -0.610. The first-order valence-corrected chi connectivity index (χ1v) is 10.5. The molecule has 3 aliphatic rings. The Kier molecular flexibility index (Phi) is 6.10. The smallest absolute Gasteiger partial charge is 0.302 e. The fourth-order valence-corrected chi connectivity index (χ4v) is 5.92. The highest BCUT2D eigenvalue weighted by Crippen LogP contribution is 2.56. The first-order chi connectivity index (χ1) is 12.0. The van der Waals surface area contributed by atoms with Crippen molar-refractivity contribution in [1.29, 1.82) is 0 Å². The average Bonchev–Trinajstić information content (AvgIpc) is 3.36. The number of aliphatic hydroxyl groups excluding tert-OH is 1. The van der Waals surface area contributed by atoms with Crippen molar-refractivity contribution in [2.24, 2.45) is 17.3 Å². The second kappa shape index (κ2) is 7.96. The minimum Gasteiger partial charge on any atom is -0.460 e. The van der Waals surface area contributed by atoms with E-state index in [-0.39, 0.29) is 12.1 Å². The van der Waals surface area contributed by atoms with Crippen LogP contribution < -0.4 is 0 Å². The summed E-state index contributed by atoms with van der Waals surface area (Å²) in [6.07, 6.45) is 11.5. The molecule has 0 amide bonds. The van der Waals surface area contributed by atoms with Gasteiger partial charge in [0.15, 0.2) is 0 Å². The number of rotatable bonds is 7. The quantitative estimate of drug-likeness (QED) is 0.550. The maximum absolute atomic E-state index is 11.3. The number of hydrogen-bond donors (Lipinski definition) is 1. The van der Waals surface area contributed by atoms with E-state index in [9.17, 15) is 9.90 Å². The molecule has 0 bridgehead atoms. The third-order valence-electron chi connectivity index (χ3n) is 7.36. The maximum atomic E-state index is 11.3. The van der Waals surface area contributed by atoms with Crippen LogP contribution in [-0.2, 0) is 14.3 Å². The Bertz CT molecular complexity index is 465. The molecule has 1 N–H and O–H groups in total. The van der Waals surface area contributed by atoms with Crippen molar-refractivity contribution in [3.63, 3.8) is 0 Å². The van der Waals surface area contributed by atoms with E-state index in [1.54, 1.807) is 0 Å². The van der Waals surface area contributed by atoms with Crippen LogP contribution in [0.25, 0.3) is 0 Å². The van der Waals surface area contributed by atoms with Crippen molar-refractivity contribution in [3.05, 3.63) is 0 Å². The van der Waals surface area contributed by atoms with E-state index in [1.165, 1.54) is 51.9 Å². The third kappa shape index (κ3) is 4.05. The van der Waals surface area contributed by atoms with Gasteiger partial charge in [-0.05, 0) is 68.6 Å². The molecular weight excluding hydrogens is 316 g/mol. The largest absolute Gasteiger partial charge is 0.460 e. The maximum Gasteiger partial charge on any atom is 0.302 e. The molecule has 1 heterocycles. The Morgan fingerprint density at radius 3 is 2.44 bits per heavy atom. The third-order valence-corrected chi connectivity index (χ3v) is 7.36. The van der Waals surface area contributed by atoms with E-state index in [4.69, 9.17) is 9.47 Å². The van der Waals surface area contributed by atoms with Crippen molar-refractivity contribution in [2.75, 3.05) is 0 Å². The standard InChI is InChI=1S/C21H36O4/c1-4-6-11-21(5-2,16-8-10-19-20(13-16)25-19)15-7-9-18(17(23)12-15)24-14(3)22/h15-20,23H,4-13H2,1-3H3. The fraction of sp³-hybridized carbons (Fsp3) is 0.952. The van der Waals surface area contributed by atoms with Gasteiger partial charge < -0.3 is 14.6 Å². The second-order valence-corrected chi connectivity index (χ2v) is 8.64. The zero-order chi connectivity index (χ0) is 18.0. The van der Waals surface area contributed by atoms with E-state index in [2.05, 4.69) is 13.8 Å². The van der Waals surface area contributed by atoms with Gasteiger partial charge in [0.1, 0.15) is 6.10 Å². The van der Waals surface area contributed by atoms with E-state index < -0.39 is 6.10 Å². The molecule has 1 aliphatic heterocycles. The molecule has 2 saturated carbocycles. The molecule has 3 rings (SSSR count). The molecule has 0 spiro atoms. The van der Waals surface area contributed by atoms with Crippen LogP contribution in [0.15, 0.2) is 0 Å². The lowest BCUT2D eigenvalue weighted by Crippen LogP contribution is -2.46. The summed E-state index contributed by atoms with van der Waals surface area (Å²) in [5.41, 5.74) is 0.315. The van der Waals surface area contributed by atoms with Crippen LogP contribution in [0.1, 0.15) is 85.0 Å². The summed E-state index contributed by atoms with van der Waals surface area (Å²) in [6, 6.07) is 0. The van der Waals surface area contributed by atoms with E-state index in [0.717, 1.165) is 25.2 Å². The molecule has 2 aliphatic carbocycles. The van der Waals surface area contributed by atoms with Gasteiger partial charge in [0.25, 0.3) is 0 Å². The molecule has 25 heavy (non-hydrogen) atoms. The monoisotopic (exact) mass is 352 g/mol. The Labute approximate surface area is 152 Å². The van der Waals surface area contributed by atoms with E-state index >= 15 is 0 Å². The van der Waals surface area contributed by atoms with Crippen LogP contribution in [0.2, 0.25) is 0 Å². The highest BCUT2D eigenvalue weighted by Gasteiger charge is 2.53. The van der Waals surface area contributed by atoms with Gasteiger partial charge in [-0.2, -0.15) is 0 Å². The second-order valence-electron chi connectivity index (χ2n) is 8.64. The lowest BCUT2D eigenvalue weighted by molar-refractivity contribution is -0.159. The molecule has 4 heteroatoms. The summed E-state index contributed by atoms with van der Waals surface area (Å²) in [6.45, 7) is 6.05. The summed E-state index contributed by atoms with van der Waals surface area (Å²) in [5, 5.41) is 10.6. The van der Waals surface area contributed by atoms with Gasteiger partial charge in [0.05, 0.1) is 18.3 Å². The molecule has 0 aromatic rings. The number of carbonyl (C=O) groups excluding carboxylic acids is 1. The average molecular weight is 353 g/mol. The Morgan fingerprint density at radius 2 is 1.84 bits per heavy atom. The molecule has 1 saturated heterocycles. The van der Waals surface area contributed by atoms with Crippen molar-refractivity contribution in [1.82, 2.24) is 0 Å². The van der Waals surface area contributed by atoms with Gasteiger partial charge in [0.2, 0.25) is 0 Å². The number of epoxide rings is 1. The van der Waals surface area contributed by atoms with Gasteiger partial charge in [-0.15, -0.1) is 0 Å². The summed E-state index contributed by atoms with van der Waals surface area (Å²) in [4.78, 5) is 11.3. The molecule has 7 unspecified atom stereocenters. The van der Waals surface area contributed by atoms with Crippen LogP contribution in [-0.4, -0.2) is 35.5 Å². The number of esters is 1. The summed E-state index contributed by atoms with van der Waals surface area (Å²) in [7, 11) is 0. The van der Waals surface area contributed by atoms with Crippen molar-refractivity contribution < 1.29 is 19.4 Å². The van der Waals surface area contributed by atoms with E-state index in [0.29, 0.717) is 23.5 Å². The van der Waals surface area contributed by atoms with Gasteiger partial charge in [-0.3, -0.25) is 4.79 Å². The minimum atomic E-state index is -0.510. The van der Waals surface area contributed by atoms with Gasteiger partial charge in [-0.1, -0.05) is 26.7 Å². The zero-order valence-corrected chi connectivity index (χ0v) is 16.2. The molecular formula is C21H36O4. The van der Waals surface area contributed by atoms with Gasteiger partial charge in [-0.25, -0.2) is 0 Å². The highest BCUT2D eigenvalue weighted by molar-refractivity contribution is 5.66. The molecule has 4 nitrogen and oxygen atoms in total. The lowest BCUT2D eigenvalue weighted by atomic mass is 9.55. The number of aliphatic hydroxyl groups is 1. The van der Waals surface area contributed by atoms with Crippen LogP contribution >= 0.6 is 0 Å². The summed E-state index contributed by atoms with van der Waals surface area (Å²) < 4.78 is 11.2. The Morgan fingerprint density at radius 1 is 1.12 bits per heavy atom. The fourth-order valence-electron chi connectivity index (χ4n) is 5.92.